The van der Waals surface area contributed by atoms with Gasteiger partial charge in [-0.05, 0) is 19.1 Å². The van der Waals surface area contributed by atoms with Crippen molar-refractivity contribution in [2.75, 3.05) is 5.75 Å². The zero-order valence-corrected chi connectivity index (χ0v) is 14.0. The standard InChI is InChI=1S/C17H17N3O3S/c1-12(24-11-15(21)18-10-14-8-5-9-22-14)17-19-16(20-23-17)13-6-3-2-4-7-13/h2-9,12H,10-11H2,1H3,(H,18,21)/t12-/m0/s1. The quantitative estimate of drug-likeness (QED) is 0.708. The first kappa shape index (κ1) is 16.3. The third-order valence-corrected chi connectivity index (χ3v) is 4.46. The second-order valence-corrected chi connectivity index (χ2v) is 6.46. The van der Waals surface area contributed by atoms with Crippen LogP contribution in [0.3, 0.4) is 0 Å². The lowest BCUT2D eigenvalue weighted by molar-refractivity contribution is -0.118. The summed E-state index contributed by atoms with van der Waals surface area (Å²) in [7, 11) is 0. The van der Waals surface area contributed by atoms with Crippen LogP contribution in [-0.4, -0.2) is 21.8 Å². The predicted molar refractivity (Wildman–Crippen MR) is 91.2 cm³/mol. The smallest absolute Gasteiger partial charge is 0.239 e. The summed E-state index contributed by atoms with van der Waals surface area (Å²) in [5, 5.41) is 6.73. The van der Waals surface area contributed by atoms with Crippen molar-refractivity contribution in [3.8, 4) is 11.4 Å². The number of furan rings is 1. The van der Waals surface area contributed by atoms with Gasteiger partial charge in [-0.3, -0.25) is 4.79 Å². The third kappa shape index (κ3) is 4.26. The summed E-state index contributed by atoms with van der Waals surface area (Å²) in [4.78, 5) is 16.3. The second kappa shape index (κ2) is 7.83. The van der Waals surface area contributed by atoms with Gasteiger partial charge in [0.25, 0.3) is 0 Å². The van der Waals surface area contributed by atoms with Crippen molar-refractivity contribution in [1.29, 1.82) is 0 Å². The van der Waals surface area contributed by atoms with Crippen LogP contribution in [0.1, 0.15) is 23.8 Å². The van der Waals surface area contributed by atoms with E-state index in [9.17, 15) is 4.79 Å². The molecule has 1 aromatic carbocycles. The van der Waals surface area contributed by atoms with Gasteiger partial charge in [0, 0.05) is 5.56 Å². The number of carbonyl (C=O) groups is 1. The zero-order chi connectivity index (χ0) is 16.8. The van der Waals surface area contributed by atoms with Gasteiger partial charge in [-0.2, -0.15) is 4.98 Å². The highest BCUT2D eigenvalue weighted by Gasteiger charge is 2.17. The molecule has 0 aliphatic rings. The lowest BCUT2D eigenvalue weighted by atomic mass is 10.2. The Bertz CT molecular complexity index is 772. The monoisotopic (exact) mass is 343 g/mol. The van der Waals surface area contributed by atoms with E-state index in [-0.39, 0.29) is 11.2 Å². The molecule has 0 aliphatic carbocycles. The first-order chi connectivity index (χ1) is 11.7. The van der Waals surface area contributed by atoms with E-state index in [1.807, 2.05) is 43.3 Å². The van der Waals surface area contributed by atoms with Crippen molar-refractivity contribution in [3.05, 3.63) is 60.4 Å². The zero-order valence-electron chi connectivity index (χ0n) is 13.1. The molecule has 2 aromatic heterocycles. The Hall–Kier alpha value is -2.54. The molecule has 3 aromatic rings. The molecular weight excluding hydrogens is 326 g/mol. The summed E-state index contributed by atoms with van der Waals surface area (Å²) in [6.07, 6.45) is 1.58. The maximum absolute atomic E-state index is 11.9. The molecule has 0 radical (unpaired) electrons. The maximum atomic E-state index is 11.9. The van der Waals surface area contributed by atoms with Gasteiger partial charge in [0.15, 0.2) is 0 Å². The van der Waals surface area contributed by atoms with Crippen molar-refractivity contribution in [1.82, 2.24) is 15.5 Å². The maximum Gasteiger partial charge on any atom is 0.239 e. The van der Waals surface area contributed by atoms with Crippen LogP contribution in [0.25, 0.3) is 11.4 Å². The van der Waals surface area contributed by atoms with Crippen LogP contribution in [0.5, 0.6) is 0 Å². The molecule has 0 spiro atoms. The van der Waals surface area contributed by atoms with Crippen molar-refractivity contribution >= 4 is 17.7 Å². The van der Waals surface area contributed by atoms with Crippen LogP contribution in [-0.2, 0) is 11.3 Å². The Kier molecular flexibility index (Phi) is 5.32. The number of nitrogens with one attached hydrogen (secondary N) is 1. The molecule has 2 heterocycles. The minimum absolute atomic E-state index is 0.0638. The van der Waals surface area contributed by atoms with Gasteiger partial charge in [-0.15, -0.1) is 11.8 Å². The Morgan fingerprint density at radius 1 is 1.25 bits per heavy atom. The summed E-state index contributed by atoms with van der Waals surface area (Å²) < 4.78 is 10.5. The minimum atomic E-state index is -0.0654. The Labute approximate surface area is 143 Å². The molecule has 0 saturated heterocycles. The fourth-order valence-electron chi connectivity index (χ4n) is 2.03. The Morgan fingerprint density at radius 3 is 2.83 bits per heavy atom. The minimum Gasteiger partial charge on any atom is -0.467 e. The van der Waals surface area contributed by atoms with Gasteiger partial charge in [0.2, 0.25) is 17.6 Å². The van der Waals surface area contributed by atoms with E-state index in [2.05, 4.69) is 15.5 Å². The summed E-state index contributed by atoms with van der Waals surface area (Å²) in [6, 6.07) is 13.2. The van der Waals surface area contributed by atoms with E-state index in [4.69, 9.17) is 8.94 Å². The molecule has 24 heavy (non-hydrogen) atoms. The molecule has 124 valence electrons. The highest BCUT2D eigenvalue weighted by Crippen LogP contribution is 2.28. The van der Waals surface area contributed by atoms with E-state index >= 15 is 0 Å². The summed E-state index contributed by atoms with van der Waals surface area (Å²) in [5.41, 5.74) is 0.904. The van der Waals surface area contributed by atoms with Gasteiger partial charge in [0.05, 0.1) is 23.8 Å². The van der Waals surface area contributed by atoms with E-state index in [0.29, 0.717) is 24.0 Å². The van der Waals surface area contributed by atoms with Gasteiger partial charge in [-0.1, -0.05) is 35.5 Å². The number of thioether (sulfide) groups is 1. The number of aromatic nitrogens is 2. The Balaban J connectivity index is 1.49. The van der Waals surface area contributed by atoms with E-state index in [0.717, 1.165) is 11.3 Å². The van der Waals surface area contributed by atoms with E-state index < -0.39 is 0 Å². The van der Waals surface area contributed by atoms with Gasteiger partial charge < -0.3 is 14.3 Å². The average molecular weight is 343 g/mol. The molecule has 3 rings (SSSR count). The normalized spacial score (nSPS) is 12.0. The highest BCUT2D eigenvalue weighted by molar-refractivity contribution is 8.00. The SMILES string of the molecule is C[C@H](SCC(=O)NCc1ccco1)c1nc(-c2ccccc2)no1. The molecule has 6 nitrogen and oxygen atoms in total. The predicted octanol–water partition coefficient (Wildman–Crippen LogP) is 3.44. The summed E-state index contributed by atoms with van der Waals surface area (Å²) >= 11 is 1.44. The van der Waals surface area contributed by atoms with Crippen LogP contribution < -0.4 is 5.32 Å². The number of amides is 1. The topological polar surface area (TPSA) is 81.2 Å². The van der Waals surface area contributed by atoms with E-state index in [1.165, 1.54) is 11.8 Å². The fourth-order valence-corrected chi connectivity index (χ4v) is 2.77. The molecule has 0 bridgehead atoms. The van der Waals surface area contributed by atoms with Crippen LogP contribution >= 0.6 is 11.8 Å². The number of rotatable bonds is 7. The summed E-state index contributed by atoms with van der Waals surface area (Å²) in [5.74, 6) is 2.04. The first-order valence-electron chi connectivity index (χ1n) is 7.52. The van der Waals surface area contributed by atoms with Crippen molar-refractivity contribution < 1.29 is 13.7 Å². The van der Waals surface area contributed by atoms with Crippen LogP contribution in [0.4, 0.5) is 0 Å². The lowest BCUT2D eigenvalue weighted by Crippen LogP contribution is -2.24. The van der Waals surface area contributed by atoms with E-state index in [1.54, 1.807) is 12.3 Å². The molecule has 1 amide bonds. The highest BCUT2D eigenvalue weighted by atomic mass is 32.2. The summed E-state index contributed by atoms with van der Waals surface area (Å²) in [6.45, 7) is 2.33. The van der Waals surface area contributed by atoms with Gasteiger partial charge >= 0.3 is 0 Å². The number of nitrogens with zero attached hydrogens (tertiary/aromatic N) is 2. The van der Waals surface area contributed by atoms with Gasteiger partial charge in [-0.25, -0.2) is 0 Å². The van der Waals surface area contributed by atoms with Crippen molar-refractivity contribution in [2.24, 2.45) is 0 Å². The van der Waals surface area contributed by atoms with Crippen LogP contribution in [0.15, 0.2) is 57.7 Å². The van der Waals surface area contributed by atoms with Crippen molar-refractivity contribution in [3.63, 3.8) is 0 Å². The number of benzene rings is 1. The van der Waals surface area contributed by atoms with Crippen LogP contribution in [0.2, 0.25) is 0 Å². The largest absolute Gasteiger partial charge is 0.467 e. The molecule has 1 atom stereocenters. The average Bonchev–Trinajstić information content (AvgIpc) is 3.30. The molecule has 0 unspecified atom stereocenters. The lowest BCUT2D eigenvalue weighted by Gasteiger charge is -2.06. The van der Waals surface area contributed by atoms with Gasteiger partial charge in [0.1, 0.15) is 5.76 Å². The molecule has 0 aliphatic heterocycles. The number of carbonyl (C=O) groups excluding carboxylic acids is 1. The molecular formula is C17H17N3O3S. The Morgan fingerprint density at radius 2 is 2.08 bits per heavy atom. The molecule has 0 saturated carbocycles. The third-order valence-electron chi connectivity index (χ3n) is 3.33. The van der Waals surface area contributed by atoms with Crippen molar-refractivity contribution in [2.45, 2.75) is 18.7 Å². The fraction of sp³-hybridized carbons (Fsp3) is 0.235. The number of hydrogen-bond acceptors (Lipinski definition) is 6. The molecule has 0 fully saturated rings. The van der Waals surface area contributed by atoms with Crippen LogP contribution in [0, 0.1) is 0 Å². The number of hydrogen-bond donors (Lipinski definition) is 1. The first-order valence-corrected chi connectivity index (χ1v) is 8.57. The second-order valence-electron chi connectivity index (χ2n) is 5.13. The molecule has 1 N–H and O–H groups in total. The molecule has 7 heteroatoms.